The highest BCUT2D eigenvalue weighted by molar-refractivity contribution is 9.10. The van der Waals surface area contributed by atoms with E-state index in [4.69, 9.17) is 9.84 Å². The van der Waals surface area contributed by atoms with Gasteiger partial charge in [-0.05, 0) is 12.1 Å². The van der Waals surface area contributed by atoms with E-state index in [0.29, 0.717) is 18.0 Å². The largest absolute Gasteiger partial charge is 0.486 e. The zero-order valence-corrected chi connectivity index (χ0v) is 9.27. The third-order valence-electron chi connectivity index (χ3n) is 1.67. The van der Waals surface area contributed by atoms with Crippen LogP contribution in [0.4, 0.5) is 10.1 Å². The first kappa shape index (κ1) is 11.3. The highest BCUT2D eigenvalue weighted by Gasteiger charge is 2.14. The maximum Gasteiger partial charge on any atom is 0.178 e. The van der Waals surface area contributed by atoms with Crippen molar-refractivity contribution in [2.45, 2.75) is 0 Å². The average molecular weight is 264 g/mol. The van der Waals surface area contributed by atoms with Gasteiger partial charge in [0, 0.05) is 18.1 Å². The number of benzene rings is 1. The lowest BCUT2D eigenvalue weighted by Crippen LogP contribution is -2.18. The van der Waals surface area contributed by atoms with Gasteiger partial charge in [0.05, 0.1) is 5.69 Å². The molecular formula is C9H11BrFNO2. The molecule has 0 aliphatic carbocycles. The SMILES string of the molecule is CO.Fc1cc(Br)cc2c1OCCN2. The summed E-state index contributed by atoms with van der Waals surface area (Å²) in [4.78, 5) is 0. The molecule has 0 atom stereocenters. The number of nitrogens with one attached hydrogen (secondary N) is 1. The molecule has 1 aliphatic rings. The van der Waals surface area contributed by atoms with Gasteiger partial charge in [0.25, 0.3) is 0 Å². The lowest BCUT2D eigenvalue weighted by molar-refractivity contribution is 0.306. The monoisotopic (exact) mass is 263 g/mol. The molecule has 0 saturated heterocycles. The molecule has 1 heterocycles. The molecule has 78 valence electrons. The molecular weight excluding hydrogens is 253 g/mol. The first-order chi connectivity index (χ1) is 6.77. The van der Waals surface area contributed by atoms with Crippen molar-refractivity contribution < 1.29 is 14.2 Å². The summed E-state index contributed by atoms with van der Waals surface area (Å²) < 4.78 is 19.0. The molecule has 2 rings (SSSR count). The minimum atomic E-state index is -0.327. The fraction of sp³-hybridized carbons (Fsp3) is 0.333. The highest BCUT2D eigenvalue weighted by atomic mass is 79.9. The van der Waals surface area contributed by atoms with Crippen molar-refractivity contribution in [3.63, 3.8) is 0 Å². The Morgan fingerprint density at radius 2 is 2.21 bits per heavy atom. The van der Waals surface area contributed by atoms with Gasteiger partial charge in [-0.2, -0.15) is 0 Å². The summed E-state index contributed by atoms with van der Waals surface area (Å²) in [5, 5.41) is 10.0. The van der Waals surface area contributed by atoms with Gasteiger partial charge in [0.15, 0.2) is 11.6 Å². The number of aliphatic hydroxyl groups is 1. The van der Waals surface area contributed by atoms with Gasteiger partial charge < -0.3 is 15.2 Å². The second-order valence-electron chi connectivity index (χ2n) is 2.54. The molecule has 1 aromatic carbocycles. The molecule has 0 spiro atoms. The maximum absolute atomic E-state index is 13.1. The van der Waals surface area contributed by atoms with Crippen molar-refractivity contribution in [1.82, 2.24) is 0 Å². The third kappa shape index (κ3) is 2.36. The van der Waals surface area contributed by atoms with E-state index in [2.05, 4.69) is 21.2 Å². The molecule has 0 fully saturated rings. The zero-order chi connectivity index (χ0) is 10.6. The van der Waals surface area contributed by atoms with E-state index < -0.39 is 0 Å². The van der Waals surface area contributed by atoms with E-state index in [1.807, 2.05) is 0 Å². The molecule has 2 N–H and O–H groups in total. The van der Waals surface area contributed by atoms with Crippen LogP contribution >= 0.6 is 15.9 Å². The van der Waals surface area contributed by atoms with Crippen LogP contribution in [-0.2, 0) is 0 Å². The van der Waals surface area contributed by atoms with E-state index in [0.717, 1.165) is 18.1 Å². The Morgan fingerprint density at radius 3 is 2.93 bits per heavy atom. The molecule has 3 nitrogen and oxygen atoms in total. The van der Waals surface area contributed by atoms with Crippen molar-refractivity contribution >= 4 is 21.6 Å². The van der Waals surface area contributed by atoms with Gasteiger partial charge in [-0.15, -0.1) is 0 Å². The number of aliphatic hydroxyl groups excluding tert-OH is 1. The Labute approximate surface area is 90.0 Å². The van der Waals surface area contributed by atoms with Gasteiger partial charge in [-0.25, -0.2) is 4.39 Å². The van der Waals surface area contributed by atoms with Gasteiger partial charge in [0.2, 0.25) is 0 Å². The topological polar surface area (TPSA) is 41.5 Å². The lowest BCUT2D eigenvalue weighted by atomic mass is 10.2. The molecule has 0 unspecified atom stereocenters. The fourth-order valence-electron chi connectivity index (χ4n) is 1.18. The molecule has 1 aliphatic heterocycles. The minimum absolute atomic E-state index is 0.324. The van der Waals surface area contributed by atoms with Crippen molar-refractivity contribution in [2.75, 3.05) is 25.6 Å². The second kappa shape index (κ2) is 5.17. The standard InChI is InChI=1S/C8H7BrFNO.CH4O/c9-5-3-6(10)8-7(4-5)11-1-2-12-8;1-2/h3-4,11H,1-2H2;2H,1H3. The Bertz CT molecular complexity index is 320. The summed E-state index contributed by atoms with van der Waals surface area (Å²) in [5.74, 6) is -0.00368. The summed E-state index contributed by atoms with van der Waals surface area (Å²) in [6.07, 6.45) is 0. The van der Waals surface area contributed by atoms with Crippen molar-refractivity contribution in [3.8, 4) is 5.75 Å². The average Bonchev–Trinajstić information content (AvgIpc) is 2.20. The van der Waals surface area contributed by atoms with Crippen LogP contribution in [-0.4, -0.2) is 25.4 Å². The Hall–Kier alpha value is -0.810. The first-order valence-corrected chi connectivity index (χ1v) is 4.87. The normalized spacial score (nSPS) is 12.9. The highest BCUT2D eigenvalue weighted by Crippen LogP contribution is 2.33. The Balaban J connectivity index is 0.000000461. The van der Waals surface area contributed by atoms with Gasteiger partial charge in [-0.1, -0.05) is 15.9 Å². The van der Waals surface area contributed by atoms with Crippen LogP contribution in [0.3, 0.4) is 0 Å². The van der Waals surface area contributed by atoms with E-state index in [9.17, 15) is 4.39 Å². The molecule has 0 aromatic heterocycles. The Morgan fingerprint density at radius 1 is 1.50 bits per heavy atom. The first-order valence-electron chi connectivity index (χ1n) is 4.08. The van der Waals surface area contributed by atoms with Crippen LogP contribution in [0.1, 0.15) is 0 Å². The smallest absolute Gasteiger partial charge is 0.178 e. The predicted molar refractivity (Wildman–Crippen MR) is 56.2 cm³/mol. The number of hydrogen-bond donors (Lipinski definition) is 2. The summed E-state index contributed by atoms with van der Waals surface area (Å²) in [5.41, 5.74) is 0.716. The van der Waals surface area contributed by atoms with E-state index >= 15 is 0 Å². The molecule has 0 amide bonds. The zero-order valence-electron chi connectivity index (χ0n) is 7.68. The summed E-state index contributed by atoms with van der Waals surface area (Å²) in [6.45, 7) is 1.24. The number of halogens is 2. The number of fused-ring (bicyclic) bond motifs is 1. The van der Waals surface area contributed by atoms with Gasteiger partial charge in [0.1, 0.15) is 6.61 Å². The number of rotatable bonds is 0. The summed E-state index contributed by atoms with van der Waals surface area (Å²) >= 11 is 3.21. The minimum Gasteiger partial charge on any atom is -0.486 e. The lowest BCUT2D eigenvalue weighted by Gasteiger charge is -2.19. The van der Waals surface area contributed by atoms with Crippen LogP contribution in [0.25, 0.3) is 0 Å². The van der Waals surface area contributed by atoms with E-state index in [1.165, 1.54) is 6.07 Å². The fourth-order valence-corrected chi connectivity index (χ4v) is 1.61. The number of ether oxygens (including phenoxy) is 1. The third-order valence-corrected chi connectivity index (χ3v) is 2.13. The number of hydrogen-bond acceptors (Lipinski definition) is 3. The molecule has 14 heavy (non-hydrogen) atoms. The molecule has 1 aromatic rings. The summed E-state index contributed by atoms with van der Waals surface area (Å²) in [6, 6.07) is 3.20. The molecule has 0 radical (unpaired) electrons. The van der Waals surface area contributed by atoms with Crippen LogP contribution in [0.5, 0.6) is 5.75 Å². The Kier molecular flexibility index (Phi) is 4.16. The van der Waals surface area contributed by atoms with Crippen LogP contribution in [0.15, 0.2) is 16.6 Å². The van der Waals surface area contributed by atoms with E-state index in [-0.39, 0.29) is 5.82 Å². The van der Waals surface area contributed by atoms with Gasteiger partial charge >= 0.3 is 0 Å². The second-order valence-corrected chi connectivity index (χ2v) is 3.46. The van der Waals surface area contributed by atoms with Gasteiger partial charge in [-0.3, -0.25) is 0 Å². The molecule has 0 bridgehead atoms. The van der Waals surface area contributed by atoms with E-state index in [1.54, 1.807) is 6.07 Å². The predicted octanol–water partition coefficient (Wildman–Crippen LogP) is 2.00. The quantitative estimate of drug-likeness (QED) is 0.753. The number of anilines is 1. The van der Waals surface area contributed by atoms with Crippen molar-refractivity contribution in [2.24, 2.45) is 0 Å². The maximum atomic E-state index is 13.1. The van der Waals surface area contributed by atoms with Crippen molar-refractivity contribution in [1.29, 1.82) is 0 Å². The molecule has 0 saturated carbocycles. The van der Waals surface area contributed by atoms with Crippen molar-refractivity contribution in [3.05, 3.63) is 22.4 Å². The van der Waals surface area contributed by atoms with Crippen LogP contribution < -0.4 is 10.1 Å². The summed E-state index contributed by atoms with van der Waals surface area (Å²) in [7, 11) is 1.00. The van der Waals surface area contributed by atoms with Crippen LogP contribution in [0.2, 0.25) is 0 Å². The molecule has 5 heteroatoms. The van der Waals surface area contributed by atoms with Crippen LogP contribution in [0, 0.1) is 5.82 Å².